The van der Waals surface area contributed by atoms with E-state index in [2.05, 4.69) is 0 Å². The molecule has 51 valence electrons. The van der Waals surface area contributed by atoms with Crippen LogP contribution in [0.15, 0.2) is 30.3 Å². The molecule has 0 atom stereocenters. The van der Waals surface area contributed by atoms with Crippen molar-refractivity contribution in [2.45, 2.75) is 5.02 Å². The Kier molecular flexibility index (Phi) is 3.31. The summed E-state index contributed by atoms with van der Waals surface area (Å²) in [5.74, 6) is 0. The van der Waals surface area contributed by atoms with E-state index in [9.17, 15) is 3.32 Å². The number of hydrogen-bond acceptors (Lipinski definition) is 0. The van der Waals surface area contributed by atoms with E-state index in [0.717, 1.165) is 5.56 Å². The molecule has 10 heavy (non-hydrogen) atoms. The van der Waals surface area contributed by atoms with Crippen molar-refractivity contribution in [2.24, 2.45) is 0 Å². The Morgan fingerprint density at radius 1 is 1.30 bits per heavy atom. The van der Waals surface area contributed by atoms with E-state index in [4.69, 9.17) is 9.69 Å². The molecule has 0 aromatic heterocycles. The third-order valence-corrected chi connectivity index (χ3v) is 4.31. The Morgan fingerprint density at radius 2 is 1.90 bits per heavy atom. The summed E-state index contributed by atoms with van der Waals surface area (Å²) >= 11 is -3.01. The van der Waals surface area contributed by atoms with Crippen molar-refractivity contribution < 1.29 is 18.8 Å². The van der Waals surface area contributed by atoms with Gasteiger partial charge in [-0.05, 0) is 0 Å². The minimum atomic E-state index is -3.01. The van der Waals surface area contributed by atoms with Crippen LogP contribution in [0.5, 0.6) is 0 Å². The van der Waals surface area contributed by atoms with E-state index < -0.39 is 15.5 Å². The molecule has 1 rings (SSSR count). The molecule has 0 aliphatic carbocycles. The molecule has 0 aliphatic heterocycles. The third-order valence-electron chi connectivity index (χ3n) is 1.32. The molecule has 0 unspecified atom stereocenters. The molecule has 0 amide bonds. The molecule has 0 radical (unpaired) electrons. The van der Waals surface area contributed by atoms with Gasteiger partial charge in [-0.3, -0.25) is 0 Å². The van der Waals surface area contributed by atoms with E-state index in [-0.39, 0.29) is 0 Å². The minimum absolute atomic E-state index is 0.502. The number of halogens is 2. The average molecular weight is 211 g/mol. The van der Waals surface area contributed by atoms with Crippen LogP contribution in [-0.4, -0.2) is 0 Å². The van der Waals surface area contributed by atoms with Gasteiger partial charge in [0.15, 0.2) is 0 Å². The summed E-state index contributed by atoms with van der Waals surface area (Å²) in [7, 11) is 5.35. The summed E-state index contributed by atoms with van der Waals surface area (Å²) in [5, 5.41) is 0.502. The molecule has 0 bridgehead atoms. The second-order valence-electron chi connectivity index (χ2n) is 2.21. The van der Waals surface area contributed by atoms with Gasteiger partial charge >= 0.3 is 69.4 Å². The zero-order valence-corrected chi connectivity index (χ0v) is 9.28. The van der Waals surface area contributed by atoms with Crippen LogP contribution in [0.1, 0.15) is 5.56 Å². The number of benzene rings is 1. The standard InChI is InChI=1S/C7H7.ClH.FH.Zn/c1-7-5-3-2-4-6-7;;;/h2-6H,1H2;2*1H;/q;;;+2/p-2. The fraction of sp³-hybridized carbons (Fsp3) is 0.143. The molecule has 0 nitrogen and oxygen atoms in total. The van der Waals surface area contributed by atoms with Gasteiger partial charge in [0, 0.05) is 0 Å². The fourth-order valence-electron chi connectivity index (χ4n) is 0.863. The molecule has 1 aromatic rings. The van der Waals surface area contributed by atoms with Gasteiger partial charge < -0.3 is 0 Å². The van der Waals surface area contributed by atoms with Gasteiger partial charge in [-0.2, -0.15) is 0 Å². The molecule has 0 heterocycles. The Bertz CT molecular complexity index is 188. The van der Waals surface area contributed by atoms with Crippen LogP contribution in [0.4, 0.5) is 3.32 Å². The summed E-state index contributed by atoms with van der Waals surface area (Å²) in [6.45, 7) is 0. The predicted molar refractivity (Wildman–Crippen MR) is 37.1 cm³/mol. The molecular weight excluding hydrogens is 204 g/mol. The molecule has 0 N–H and O–H groups in total. The molecule has 0 fully saturated rings. The molecule has 1 aromatic carbocycles. The Labute approximate surface area is 69.5 Å². The maximum atomic E-state index is 12.4. The van der Waals surface area contributed by atoms with E-state index in [1.807, 2.05) is 30.3 Å². The Hall–Kier alpha value is 0.0634. The zero-order valence-electron chi connectivity index (χ0n) is 5.56. The Balaban J connectivity index is 2.59. The van der Waals surface area contributed by atoms with Crippen LogP contribution in [-0.2, 0) is 20.5 Å². The first-order chi connectivity index (χ1) is 4.79. The van der Waals surface area contributed by atoms with Gasteiger partial charge in [0.1, 0.15) is 0 Å². The number of hydrogen-bond donors (Lipinski definition) is 0. The van der Waals surface area contributed by atoms with Crippen LogP contribution in [0.2, 0.25) is 0 Å². The van der Waals surface area contributed by atoms with Crippen LogP contribution < -0.4 is 0 Å². The van der Waals surface area contributed by atoms with Gasteiger partial charge in [-0.1, -0.05) is 0 Å². The third kappa shape index (κ3) is 2.76. The summed E-state index contributed by atoms with van der Waals surface area (Å²) in [5.41, 5.74) is 1.03. The molecule has 0 aliphatic rings. The number of rotatable bonds is 2. The average Bonchev–Trinajstić information content (AvgIpc) is 1.88. The van der Waals surface area contributed by atoms with E-state index >= 15 is 0 Å². The van der Waals surface area contributed by atoms with Gasteiger partial charge in [-0.15, -0.1) is 0 Å². The van der Waals surface area contributed by atoms with Crippen molar-refractivity contribution in [3.05, 3.63) is 35.9 Å². The van der Waals surface area contributed by atoms with Crippen molar-refractivity contribution >= 4 is 9.69 Å². The topological polar surface area (TPSA) is 0 Å². The normalized spacial score (nSPS) is 9.40. The monoisotopic (exact) mass is 209 g/mol. The SMILES string of the molecule is [F][Zn]([Cl])[CH2]c1ccccc1. The van der Waals surface area contributed by atoms with Crippen LogP contribution >= 0.6 is 9.69 Å². The predicted octanol–water partition coefficient (Wildman–Crippen LogP) is 2.84. The van der Waals surface area contributed by atoms with Crippen molar-refractivity contribution in [3.8, 4) is 0 Å². The van der Waals surface area contributed by atoms with E-state index in [1.54, 1.807) is 0 Å². The molecule has 0 saturated carbocycles. The molecule has 3 heteroatoms. The van der Waals surface area contributed by atoms with Crippen LogP contribution in [0.25, 0.3) is 0 Å². The van der Waals surface area contributed by atoms with Crippen molar-refractivity contribution in [1.29, 1.82) is 0 Å². The van der Waals surface area contributed by atoms with E-state index in [0.29, 0.717) is 5.02 Å². The van der Waals surface area contributed by atoms with Gasteiger partial charge in [0.2, 0.25) is 0 Å². The first-order valence-corrected chi connectivity index (χ1v) is 10.4. The molecular formula is C7H7ClFZn. The second kappa shape index (κ2) is 4.05. The summed E-state index contributed by atoms with van der Waals surface area (Å²) < 4.78 is 12.4. The second-order valence-corrected chi connectivity index (χ2v) is 8.29. The van der Waals surface area contributed by atoms with Gasteiger partial charge in [0.05, 0.1) is 0 Å². The molecule has 0 saturated heterocycles. The first kappa shape index (κ1) is 8.16. The summed E-state index contributed by atoms with van der Waals surface area (Å²) in [6, 6.07) is 9.54. The summed E-state index contributed by atoms with van der Waals surface area (Å²) in [6.07, 6.45) is 0. The first-order valence-electron chi connectivity index (χ1n) is 3.30. The Morgan fingerprint density at radius 3 is 2.40 bits per heavy atom. The molecule has 0 spiro atoms. The zero-order chi connectivity index (χ0) is 7.40. The fourth-order valence-corrected chi connectivity index (χ4v) is 3.61. The van der Waals surface area contributed by atoms with Crippen molar-refractivity contribution in [1.82, 2.24) is 0 Å². The van der Waals surface area contributed by atoms with Gasteiger partial charge in [0.25, 0.3) is 0 Å². The van der Waals surface area contributed by atoms with Crippen molar-refractivity contribution in [2.75, 3.05) is 0 Å². The van der Waals surface area contributed by atoms with Crippen molar-refractivity contribution in [3.63, 3.8) is 0 Å². The maximum absolute atomic E-state index is 12.4. The van der Waals surface area contributed by atoms with Crippen LogP contribution in [0, 0.1) is 0 Å². The van der Waals surface area contributed by atoms with Crippen LogP contribution in [0.3, 0.4) is 0 Å². The van der Waals surface area contributed by atoms with Gasteiger partial charge in [-0.25, -0.2) is 0 Å². The quantitative estimate of drug-likeness (QED) is 0.659. The van der Waals surface area contributed by atoms with E-state index in [1.165, 1.54) is 0 Å². The summed E-state index contributed by atoms with van der Waals surface area (Å²) in [4.78, 5) is 0.